The van der Waals surface area contributed by atoms with Gasteiger partial charge < -0.3 is 5.32 Å². The summed E-state index contributed by atoms with van der Waals surface area (Å²) in [4.78, 5) is 12.9. The maximum Gasteiger partial charge on any atom is 0.162 e. The van der Waals surface area contributed by atoms with E-state index in [-0.39, 0.29) is 17.1 Å². The van der Waals surface area contributed by atoms with E-state index >= 15 is 0 Å². The summed E-state index contributed by atoms with van der Waals surface area (Å²) in [7, 11) is 0. The molecular formula is C19H18Cl2N2O. The standard InChI is InChI=1S/C19H18Cl2N2O/c1-10-12(9-22)17(11-4-5-13(20)14(21)6-11)18-15(23-10)7-19(2,3)8-16(18)24/h4-6,17,23H,7-8H2,1-3H3/t17-/m0/s1. The molecule has 124 valence electrons. The number of nitriles is 1. The lowest BCUT2D eigenvalue weighted by Gasteiger charge is -2.38. The summed E-state index contributed by atoms with van der Waals surface area (Å²) in [5.74, 6) is -0.297. The van der Waals surface area contributed by atoms with Crippen LogP contribution in [-0.2, 0) is 4.79 Å². The molecule has 0 spiro atoms. The molecule has 1 aromatic carbocycles. The molecule has 3 rings (SSSR count). The topological polar surface area (TPSA) is 52.9 Å². The number of ketones is 1. The highest BCUT2D eigenvalue weighted by molar-refractivity contribution is 6.42. The monoisotopic (exact) mass is 360 g/mol. The van der Waals surface area contributed by atoms with Gasteiger partial charge in [0.05, 0.1) is 27.6 Å². The van der Waals surface area contributed by atoms with Crippen LogP contribution in [0.5, 0.6) is 0 Å². The zero-order valence-corrected chi connectivity index (χ0v) is 15.3. The Bertz CT molecular complexity index is 843. The smallest absolute Gasteiger partial charge is 0.162 e. The number of Topliss-reactive ketones (excluding diaryl/α,β-unsaturated/α-hetero) is 1. The van der Waals surface area contributed by atoms with Crippen LogP contribution in [0.15, 0.2) is 40.7 Å². The van der Waals surface area contributed by atoms with Gasteiger partial charge in [-0.3, -0.25) is 4.79 Å². The molecule has 1 heterocycles. The Labute approximate surface area is 151 Å². The predicted molar refractivity (Wildman–Crippen MR) is 95.7 cm³/mol. The summed E-state index contributed by atoms with van der Waals surface area (Å²) in [5.41, 5.74) is 3.69. The van der Waals surface area contributed by atoms with Gasteiger partial charge in [-0.2, -0.15) is 5.26 Å². The second-order valence-electron chi connectivity index (χ2n) is 7.22. The van der Waals surface area contributed by atoms with E-state index in [1.54, 1.807) is 12.1 Å². The van der Waals surface area contributed by atoms with Crippen molar-refractivity contribution < 1.29 is 4.79 Å². The number of hydrogen-bond acceptors (Lipinski definition) is 3. The molecule has 0 saturated carbocycles. The highest BCUT2D eigenvalue weighted by Crippen LogP contribution is 2.46. The fraction of sp³-hybridized carbons (Fsp3) is 0.368. The van der Waals surface area contributed by atoms with Crippen molar-refractivity contribution >= 4 is 29.0 Å². The fourth-order valence-corrected chi connectivity index (χ4v) is 3.92. The molecule has 0 bridgehead atoms. The number of benzene rings is 1. The van der Waals surface area contributed by atoms with Crippen LogP contribution < -0.4 is 5.32 Å². The van der Waals surface area contributed by atoms with Crippen LogP contribution in [0.25, 0.3) is 0 Å². The number of halogens is 2. The lowest BCUT2D eigenvalue weighted by Crippen LogP contribution is -2.36. The minimum atomic E-state index is -0.385. The number of rotatable bonds is 1. The molecular weight excluding hydrogens is 343 g/mol. The maximum atomic E-state index is 12.9. The molecule has 2 aliphatic rings. The third kappa shape index (κ3) is 2.85. The Morgan fingerprint density at radius 2 is 1.96 bits per heavy atom. The summed E-state index contributed by atoms with van der Waals surface area (Å²) < 4.78 is 0. The van der Waals surface area contributed by atoms with Gasteiger partial charge in [0, 0.05) is 23.4 Å². The Morgan fingerprint density at radius 1 is 1.25 bits per heavy atom. The number of allylic oxidation sites excluding steroid dienone is 4. The van der Waals surface area contributed by atoms with Crippen LogP contribution in [-0.4, -0.2) is 5.78 Å². The molecule has 0 radical (unpaired) electrons. The molecule has 1 atom stereocenters. The van der Waals surface area contributed by atoms with E-state index in [1.165, 1.54) is 0 Å². The first kappa shape index (κ1) is 17.1. The van der Waals surface area contributed by atoms with Crippen LogP contribution in [0, 0.1) is 16.7 Å². The molecule has 0 aromatic heterocycles. The molecule has 1 N–H and O–H groups in total. The molecule has 0 fully saturated rings. The summed E-state index contributed by atoms with van der Waals surface area (Å²) in [6, 6.07) is 7.57. The van der Waals surface area contributed by atoms with Gasteiger partial charge in [-0.25, -0.2) is 0 Å². The Hall–Kier alpha value is -1.76. The number of carbonyl (C=O) groups excluding carboxylic acids is 1. The number of carbonyl (C=O) groups is 1. The van der Waals surface area contributed by atoms with Gasteiger partial charge >= 0.3 is 0 Å². The van der Waals surface area contributed by atoms with Gasteiger partial charge in [-0.05, 0) is 36.5 Å². The zero-order chi connectivity index (χ0) is 17.6. The van der Waals surface area contributed by atoms with Gasteiger partial charge in [0.1, 0.15) is 0 Å². The van der Waals surface area contributed by atoms with Gasteiger partial charge in [-0.15, -0.1) is 0 Å². The Morgan fingerprint density at radius 3 is 2.58 bits per heavy atom. The Kier molecular flexibility index (Phi) is 4.23. The maximum absolute atomic E-state index is 12.9. The van der Waals surface area contributed by atoms with E-state index in [1.807, 2.05) is 13.0 Å². The molecule has 5 heteroatoms. The summed E-state index contributed by atoms with van der Waals surface area (Å²) >= 11 is 12.2. The molecule has 1 aliphatic heterocycles. The van der Waals surface area contributed by atoms with Crippen molar-refractivity contribution in [2.75, 3.05) is 0 Å². The average molecular weight is 361 g/mol. The van der Waals surface area contributed by atoms with Crippen molar-refractivity contribution in [3.63, 3.8) is 0 Å². The van der Waals surface area contributed by atoms with Crippen LogP contribution >= 0.6 is 23.2 Å². The highest BCUT2D eigenvalue weighted by Gasteiger charge is 2.41. The van der Waals surface area contributed by atoms with Gasteiger partial charge in [-0.1, -0.05) is 43.1 Å². The molecule has 24 heavy (non-hydrogen) atoms. The van der Waals surface area contributed by atoms with Crippen LogP contribution in [0.1, 0.15) is 45.1 Å². The normalized spacial score (nSPS) is 22.8. The summed E-state index contributed by atoms with van der Waals surface area (Å²) in [5, 5.41) is 13.8. The molecule has 1 aromatic rings. The van der Waals surface area contributed by atoms with Gasteiger partial charge in [0.25, 0.3) is 0 Å². The molecule has 1 aliphatic carbocycles. The highest BCUT2D eigenvalue weighted by atomic mass is 35.5. The number of hydrogen-bond donors (Lipinski definition) is 1. The van der Waals surface area contributed by atoms with Crippen molar-refractivity contribution in [1.29, 1.82) is 5.26 Å². The Balaban J connectivity index is 2.20. The fourth-order valence-electron chi connectivity index (χ4n) is 3.61. The van der Waals surface area contributed by atoms with Crippen LogP contribution in [0.4, 0.5) is 0 Å². The van der Waals surface area contributed by atoms with Crippen LogP contribution in [0.3, 0.4) is 0 Å². The molecule has 3 nitrogen and oxygen atoms in total. The average Bonchev–Trinajstić information content (AvgIpc) is 2.47. The third-order valence-corrected chi connectivity index (χ3v) is 5.38. The first-order valence-corrected chi connectivity index (χ1v) is 8.58. The third-order valence-electron chi connectivity index (χ3n) is 4.64. The lowest BCUT2D eigenvalue weighted by molar-refractivity contribution is -0.118. The van der Waals surface area contributed by atoms with Crippen molar-refractivity contribution in [3.8, 4) is 6.07 Å². The molecule has 0 saturated heterocycles. The predicted octanol–water partition coefficient (Wildman–Crippen LogP) is 5.12. The lowest BCUT2D eigenvalue weighted by atomic mass is 9.69. The van der Waals surface area contributed by atoms with Gasteiger partial charge in [0.15, 0.2) is 5.78 Å². The zero-order valence-electron chi connectivity index (χ0n) is 13.8. The van der Waals surface area contributed by atoms with E-state index in [9.17, 15) is 10.1 Å². The number of nitrogens with one attached hydrogen (secondary N) is 1. The van der Waals surface area contributed by atoms with E-state index in [4.69, 9.17) is 23.2 Å². The second kappa shape index (κ2) is 5.95. The summed E-state index contributed by atoms with van der Waals surface area (Å²) in [6.07, 6.45) is 1.25. The van der Waals surface area contributed by atoms with E-state index in [0.29, 0.717) is 27.6 Å². The quantitative estimate of drug-likeness (QED) is 0.755. The van der Waals surface area contributed by atoms with Gasteiger partial charge in [0.2, 0.25) is 0 Å². The second-order valence-corrected chi connectivity index (χ2v) is 8.03. The minimum Gasteiger partial charge on any atom is -0.361 e. The van der Waals surface area contributed by atoms with E-state index in [0.717, 1.165) is 23.4 Å². The summed E-state index contributed by atoms with van der Waals surface area (Å²) in [6.45, 7) is 6.05. The van der Waals surface area contributed by atoms with Crippen LogP contribution in [0.2, 0.25) is 10.0 Å². The largest absolute Gasteiger partial charge is 0.361 e. The first-order chi connectivity index (χ1) is 11.2. The van der Waals surface area contributed by atoms with Crippen molar-refractivity contribution in [1.82, 2.24) is 5.32 Å². The first-order valence-electron chi connectivity index (χ1n) is 7.82. The minimum absolute atomic E-state index is 0.0878. The van der Waals surface area contributed by atoms with E-state index in [2.05, 4.69) is 25.2 Å². The molecule has 0 unspecified atom stereocenters. The van der Waals surface area contributed by atoms with E-state index < -0.39 is 0 Å². The number of nitrogens with zero attached hydrogens (tertiary/aromatic N) is 1. The van der Waals surface area contributed by atoms with Crippen molar-refractivity contribution in [2.45, 2.75) is 39.5 Å². The molecule has 0 amide bonds. The SMILES string of the molecule is CC1=C(C#N)[C@H](c2ccc(Cl)c(Cl)c2)C2=C(CC(C)(C)CC2=O)N1. The van der Waals surface area contributed by atoms with Crippen molar-refractivity contribution in [2.24, 2.45) is 5.41 Å². The van der Waals surface area contributed by atoms with Crippen molar-refractivity contribution in [3.05, 3.63) is 56.3 Å². The number of dihydropyridines is 1.